The van der Waals surface area contributed by atoms with Gasteiger partial charge in [0.25, 0.3) is 0 Å². The zero-order valence-electron chi connectivity index (χ0n) is 18.2. The Hall–Kier alpha value is -2.79. The summed E-state index contributed by atoms with van der Waals surface area (Å²) in [5.74, 6) is 1.71. The monoisotopic (exact) mass is 394 g/mol. The molecule has 0 unspecified atom stereocenters. The molecular weight excluding hydrogens is 364 g/mol. The summed E-state index contributed by atoms with van der Waals surface area (Å²) in [5.41, 5.74) is 5.33. The summed E-state index contributed by atoms with van der Waals surface area (Å²) in [6, 6.07) is 16.4. The highest BCUT2D eigenvalue weighted by Crippen LogP contribution is 2.32. The maximum Gasteiger partial charge on any atom is 0.118 e. The molecule has 3 aromatic rings. The molecule has 2 aromatic carbocycles. The molecule has 0 radical (unpaired) electrons. The minimum Gasteiger partial charge on any atom is -0.497 e. The van der Waals surface area contributed by atoms with Gasteiger partial charge in [-0.25, -0.2) is 0 Å². The highest BCUT2D eigenvalue weighted by atomic mass is 16.5. The number of hydrogen-bond donors (Lipinski definition) is 0. The average Bonchev–Trinajstić information content (AvgIpc) is 3.04. The van der Waals surface area contributed by atoms with Crippen LogP contribution in [0.5, 0.6) is 11.5 Å². The number of ether oxygens (including phenoxy) is 3. The second kappa shape index (κ2) is 8.70. The van der Waals surface area contributed by atoms with Gasteiger partial charge in [0, 0.05) is 32.6 Å². The number of rotatable bonds is 8. The van der Waals surface area contributed by atoms with E-state index in [1.807, 2.05) is 36.0 Å². The molecule has 3 rings (SSSR count). The van der Waals surface area contributed by atoms with Crippen LogP contribution in [-0.4, -0.2) is 31.1 Å². The van der Waals surface area contributed by atoms with Crippen molar-refractivity contribution in [2.24, 2.45) is 7.05 Å². The van der Waals surface area contributed by atoms with Gasteiger partial charge in [-0.1, -0.05) is 24.3 Å². The van der Waals surface area contributed by atoms with Crippen molar-refractivity contribution < 1.29 is 14.2 Å². The van der Waals surface area contributed by atoms with Crippen molar-refractivity contribution in [2.45, 2.75) is 32.3 Å². The van der Waals surface area contributed by atoms with E-state index in [9.17, 15) is 0 Å². The summed E-state index contributed by atoms with van der Waals surface area (Å²) < 4.78 is 18.3. The third-order valence-electron chi connectivity index (χ3n) is 5.38. The van der Waals surface area contributed by atoms with Gasteiger partial charge in [0.2, 0.25) is 0 Å². The fourth-order valence-electron chi connectivity index (χ4n) is 3.69. The zero-order chi connectivity index (χ0) is 21.0. The van der Waals surface area contributed by atoms with E-state index in [1.165, 1.54) is 16.7 Å². The van der Waals surface area contributed by atoms with E-state index in [-0.39, 0.29) is 0 Å². The quantitative estimate of drug-likeness (QED) is 0.564. The molecule has 0 bridgehead atoms. The number of aromatic nitrogens is 2. The first-order valence-electron chi connectivity index (χ1n) is 9.74. The molecule has 0 aliphatic rings. The average molecular weight is 395 g/mol. The number of benzene rings is 2. The smallest absolute Gasteiger partial charge is 0.118 e. The van der Waals surface area contributed by atoms with Crippen LogP contribution in [-0.2, 0) is 30.2 Å². The van der Waals surface area contributed by atoms with Crippen LogP contribution < -0.4 is 9.47 Å². The number of nitrogens with zero attached hydrogens (tertiary/aromatic N) is 2. The van der Waals surface area contributed by atoms with Crippen LogP contribution >= 0.6 is 0 Å². The Morgan fingerprint density at radius 2 is 1.28 bits per heavy atom. The Labute approximate surface area is 173 Å². The molecule has 0 spiro atoms. The summed E-state index contributed by atoms with van der Waals surface area (Å²) in [6.07, 6.45) is 1.54. The first kappa shape index (κ1) is 20.9. The molecule has 0 atom stereocenters. The molecular formula is C24H30N2O3. The third kappa shape index (κ3) is 4.62. The lowest BCUT2D eigenvalue weighted by atomic mass is 9.92. The summed E-state index contributed by atoms with van der Waals surface area (Å²) in [5, 5.41) is 4.87. The predicted octanol–water partition coefficient (Wildman–Crippen LogP) is 4.50. The Balaban J connectivity index is 2.01. The second-order valence-electron chi connectivity index (χ2n) is 7.66. The number of aryl methyl sites for hydroxylation is 1. The zero-order valence-corrected chi connectivity index (χ0v) is 18.2. The van der Waals surface area contributed by atoms with Crippen molar-refractivity contribution in [3.05, 3.63) is 76.6 Å². The van der Waals surface area contributed by atoms with E-state index < -0.39 is 5.60 Å². The highest BCUT2D eigenvalue weighted by Gasteiger charge is 2.30. The summed E-state index contributed by atoms with van der Waals surface area (Å²) in [6.45, 7) is 4.16. The summed E-state index contributed by atoms with van der Waals surface area (Å²) >= 11 is 0. The van der Waals surface area contributed by atoms with Gasteiger partial charge < -0.3 is 14.2 Å². The van der Waals surface area contributed by atoms with E-state index in [2.05, 4.69) is 38.1 Å². The van der Waals surface area contributed by atoms with Gasteiger partial charge in [-0.15, -0.1) is 0 Å². The number of methoxy groups -OCH3 is 3. The summed E-state index contributed by atoms with van der Waals surface area (Å²) in [4.78, 5) is 0. The number of hydrogen-bond acceptors (Lipinski definition) is 4. The molecule has 5 nitrogen and oxygen atoms in total. The van der Waals surface area contributed by atoms with Crippen LogP contribution in [0.25, 0.3) is 0 Å². The molecule has 0 saturated carbocycles. The van der Waals surface area contributed by atoms with E-state index in [1.54, 1.807) is 21.3 Å². The molecule has 0 N–H and O–H groups in total. The molecule has 5 heteroatoms. The van der Waals surface area contributed by atoms with Gasteiger partial charge in [0.15, 0.2) is 0 Å². The Morgan fingerprint density at radius 3 is 1.72 bits per heavy atom. The van der Waals surface area contributed by atoms with E-state index in [4.69, 9.17) is 19.3 Å². The van der Waals surface area contributed by atoms with Crippen LogP contribution in [0.15, 0.2) is 48.5 Å². The topological polar surface area (TPSA) is 45.5 Å². The van der Waals surface area contributed by atoms with Crippen molar-refractivity contribution in [2.75, 3.05) is 21.3 Å². The normalized spacial score (nSPS) is 11.5. The molecule has 0 aliphatic heterocycles. The van der Waals surface area contributed by atoms with Crippen molar-refractivity contribution >= 4 is 0 Å². The molecule has 0 amide bonds. The van der Waals surface area contributed by atoms with Gasteiger partial charge in [-0.2, -0.15) is 5.10 Å². The van der Waals surface area contributed by atoms with Crippen LogP contribution in [0.2, 0.25) is 0 Å². The van der Waals surface area contributed by atoms with Gasteiger partial charge >= 0.3 is 0 Å². The largest absolute Gasteiger partial charge is 0.497 e. The molecule has 0 aliphatic carbocycles. The van der Waals surface area contributed by atoms with Crippen LogP contribution in [0.4, 0.5) is 0 Å². The lowest BCUT2D eigenvalue weighted by molar-refractivity contribution is 0.0117. The lowest BCUT2D eigenvalue weighted by Crippen LogP contribution is -2.25. The fourth-order valence-corrected chi connectivity index (χ4v) is 3.69. The highest BCUT2D eigenvalue weighted by molar-refractivity contribution is 5.40. The first-order chi connectivity index (χ1) is 13.9. The van der Waals surface area contributed by atoms with E-state index in [0.29, 0.717) is 0 Å². The minimum atomic E-state index is -0.443. The molecule has 0 fully saturated rings. The fraction of sp³-hybridized carbons (Fsp3) is 0.375. The third-order valence-corrected chi connectivity index (χ3v) is 5.38. The second-order valence-corrected chi connectivity index (χ2v) is 7.66. The van der Waals surface area contributed by atoms with E-state index in [0.717, 1.165) is 35.7 Å². The van der Waals surface area contributed by atoms with Crippen molar-refractivity contribution in [1.82, 2.24) is 9.78 Å². The van der Waals surface area contributed by atoms with Crippen LogP contribution in [0, 0.1) is 0 Å². The maximum atomic E-state index is 5.82. The molecule has 154 valence electrons. The Bertz CT molecular complexity index is 942. The Morgan fingerprint density at radius 1 is 0.793 bits per heavy atom. The first-order valence-corrected chi connectivity index (χ1v) is 9.74. The summed E-state index contributed by atoms with van der Waals surface area (Å²) in [7, 11) is 7.10. The van der Waals surface area contributed by atoms with E-state index >= 15 is 0 Å². The van der Waals surface area contributed by atoms with Gasteiger partial charge in [0.05, 0.1) is 25.6 Å². The van der Waals surface area contributed by atoms with Crippen molar-refractivity contribution in [3.63, 3.8) is 0 Å². The molecule has 1 heterocycles. The maximum absolute atomic E-state index is 5.82. The van der Waals surface area contributed by atoms with Gasteiger partial charge in [-0.3, -0.25) is 4.68 Å². The van der Waals surface area contributed by atoms with Crippen LogP contribution in [0.3, 0.4) is 0 Å². The van der Waals surface area contributed by atoms with Crippen molar-refractivity contribution in [1.29, 1.82) is 0 Å². The van der Waals surface area contributed by atoms with Gasteiger partial charge in [-0.05, 0) is 49.2 Å². The lowest BCUT2D eigenvalue weighted by Gasteiger charge is -2.25. The molecule has 0 saturated heterocycles. The standard InChI is InChI=1S/C24H30N2O3/c1-24(2,29-6)23-21(15-17-7-11-19(27-4)12-8-17)22(25-26(23)3)16-18-9-13-20(28-5)14-10-18/h7-14H,15-16H2,1-6H3. The van der Waals surface area contributed by atoms with Crippen molar-refractivity contribution in [3.8, 4) is 11.5 Å². The van der Waals surface area contributed by atoms with Crippen LogP contribution in [0.1, 0.15) is 41.9 Å². The minimum absolute atomic E-state index is 0.443. The van der Waals surface area contributed by atoms with Gasteiger partial charge in [0.1, 0.15) is 17.1 Å². The molecule has 29 heavy (non-hydrogen) atoms. The predicted molar refractivity (Wildman–Crippen MR) is 115 cm³/mol. The Kier molecular flexibility index (Phi) is 6.28. The SMILES string of the molecule is COc1ccc(Cc2nn(C)c(C(C)(C)OC)c2Cc2ccc(OC)cc2)cc1. The molecule has 1 aromatic heterocycles.